The van der Waals surface area contributed by atoms with Gasteiger partial charge in [0.25, 0.3) is 0 Å². The van der Waals surface area contributed by atoms with Crippen LogP contribution >= 0.6 is 11.9 Å². The number of halogens is 2. The number of rotatable bonds is 9. The third-order valence-electron chi connectivity index (χ3n) is 4.53. The van der Waals surface area contributed by atoms with Crippen LogP contribution in [0.1, 0.15) is 22.8 Å². The van der Waals surface area contributed by atoms with Gasteiger partial charge in [-0.25, -0.2) is 13.8 Å². The topological polar surface area (TPSA) is 153 Å². The highest BCUT2D eigenvalue weighted by atomic mass is 32.2. The Morgan fingerprint density at radius 2 is 1.91 bits per heavy atom. The number of carbonyl (C=O) groups excluding carboxylic acids is 1. The van der Waals surface area contributed by atoms with E-state index in [1.54, 1.807) is 31.2 Å². The molecule has 3 aromatic rings. The third kappa shape index (κ3) is 5.49. The molecule has 1 unspecified atom stereocenters. The molecule has 12 heteroatoms. The zero-order valence-electron chi connectivity index (χ0n) is 17.3. The van der Waals surface area contributed by atoms with Crippen LogP contribution in [0, 0.1) is 17.0 Å². The number of pyridine rings is 1. The van der Waals surface area contributed by atoms with Crippen LogP contribution in [0.2, 0.25) is 0 Å². The maximum atomic E-state index is 14.9. The molecular weight excluding hydrogens is 470 g/mol. The van der Waals surface area contributed by atoms with E-state index in [-0.39, 0.29) is 17.1 Å². The van der Waals surface area contributed by atoms with Crippen LogP contribution in [-0.2, 0) is 11.5 Å². The van der Waals surface area contributed by atoms with E-state index in [1.807, 2.05) is 0 Å². The SMILES string of the molecule is CCN[S+]([O-])Nc1ccc(F)c(C(=O)C(=N)c2cc(-c3ccc(SN)cc3)cnc2N)c1F. The molecule has 0 fully saturated rings. The van der Waals surface area contributed by atoms with Gasteiger partial charge in [-0.05, 0) is 54.8 Å². The summed E-state index contributed by atoms with van der Waals surface area (Å²) in [7, 11) is 0. The zero-order valence-corrected chi connectivity index (χ0v) is 18.9. The van der Waals surface area contributed by atoms with E-state index in [4.69, 9.17) is 16.3 Å². The summed E-state index contributed by atoms with van der Waals surface area (Å²) in [6.45, 7) is 2.02. The number of ketones is 1. The first kappa shape index (κ1) is 24.6. The average Bonchev–Trinajstić information content (AvgIpc) is 2.81. The Kier molecular flexibility index (Phi) is 8.00. The molecule has 172 valence electrons. The van der Waals surface area contributed by atoms with Gasteiger partial charge in [0, 0.05) is 28.8 Å². The van der Waals surface area contributed by atoms with Crippen molar-refractivity contribution >= 4 is 46.5 Å². The molecule has 0 aliphatic carbocycles. The van der Waals surface area contributed by atoms with Crippen molar-refractivity contribution in [3.05, 3.63) is 71.4 Å². The molecule has 0 aliphatic heterocycles. The first-order valence-corrected chi connectivity index (χ1v) is 11.6. The summed E-state index contributed by atoms with van der Waals surface area (Å²) in [4.78, 5) is 17.8. The summed E-state index contributed by atoms with van der Waals surface area (Å²) in [5, 5.41) is 13.8. The molecule has 0 spiro atoms. The molecule has 0 aliphatic rings. The highest BCUT2D eigenvalue weighted by Crippen LogP contribution is 2.27. The van der Waals surface area contributed by atoms with Gasteiger partial charge in [-0.2, -0.15) is 4.72 Å². The Morgan fingerprint density at radius 3 is 2.55 bits per heavy atom. The number of nitrogens with two attached hydrogens (primary N) is 2. The van der Waals surface area contributed by atoms with Crippen molar-refractivity contribution in [2.45, 2.75) is 11.8 Å². The Hall–Kier alpha value is -3.03. The molecule has 0 saturated carbocycles. The van der Waals surface area contributed by atoms with E-state index < -0.39 is 40.2 Å². The molecule has 1 aromatic heterocycles. The van der Waals surface area contributed by atoms with Crippen LogP contribution in [0.25, 0.3) is 11.1 Å². The predicted octanol–water partition coefficient (Wildman–Crippen LogP) is 3.43. The Labute approximate surface area is 196 Å². The summed E-state index contributed by atoms with van der Waals surface area (Å²) in [6, 6.07) is 10.4. The molecule has 8 nitrogen and oxygen atoms in total. The van der Waals surface area contributed by atoms with Gasteiger partial charge in [0.2, 0.25) is 5.78 Å². The second-order valence-electron chi connectivity index (χ2n) is 6.66. The number of Topliss-reactive ketones (excluding diaryl/α,β-unsaturated/α-hetero) is 1. The lowest BCUT2D eigenvalue weighted by atomic mass is 9.97. The molecule has 2 aromatic carbocycles. The quantitative estimate of drug-likeness (QED) is 0.132. The summed E-state index contributed by atoms with van der Waals surface area (Å²) >= 11 is -0.772. The normalized spacial score (nSPS) is 11.8. The number of nitrogens with one attached hydrogen (secondary N) is 3. The van der Waals surface area contributed by atoms with Crippen LogP contribution < -0.4 is 20.3 Å². The number of aromatic nitrogens is 1. The standard InChI is InChI=1S/C21H20F2N6O2S2/c1-2-28-33(31)29-16-8-7-15(22)17(18(16)23)20(30)19(24)14-9-12(10-27-21(14)25)11-3-5-13(32-26)6-4-11/h3-10,24,28-29H,2,26H2,1H3,(H2,25,27). The molecule has 1 heterocycles. The third-order valence-corrected chi connectivity index (χ3v) is 6.04. The van der Waals surface area contributed by atoms with Gasteiger partial charge < -0.3 is 10.3 Å². The molecule has 7 N–H and O–H groups in total. The summed E-state index contributed by atoms with van der Waals surface area (Å²) in [5.41, 5.74) is 4.99. The lowest BCUT2D eigenvalue weighted by molar-refractivity contribution is 0.105. The Bertz CT molecular complexity index is 1190. The van der Waals surface area contributed by atoms with Gasteiger partial charge in [0.05, 0.1) is 5.56 Å². The molecule has 0 bridgehead atoms. The maximum Gasteiger partial charge on any atom is 0.217 e. The molecule has 0 amide bonds. The van der Waals surface area contributed by atoms with Gasteiger partial charge in [-0.15, -0.1) is 4.72 Å². The van der Waals surface area contributed by atoms with E-state index in [0.717, 1.165) is 34.5 Å². The van der Waals surface area contributed by atoms with Crippen molar-refractivity contribution in [3.8, 4) is 11.1 Å². The van der Waals surface area contributed by atoms with Crippen LogP contribution in [0.4, 0.5) is 20.3 Å². The van der Waals surface area contributed by atoms with Gasteiger partial charge in [0.1, 0.15) is 23.0 Å². The highest BCUT2D eigenvalue weighted by molar-refractivity contribution is 7.97. The van der Waals surface area contributed by atoms with E-state index in [9.17, 15) is 18.1 Å². The second kappa shape index (κ2) is 10.7. The number of hydrogen-bond acceptors (Lipinski definition) is 9. The van der Waals surface area contributed by atoms with Crippen molar-refractivity contribution in [1.29, 1.82) is 5.41 Å². The fourth-order valence-corrected chi connectivity index (χ4v) is 3.90. The highest BCUT2D eigenvalue weighted by Gasteiger charge is 2.27. The summed E-state index contributed by atoms with van der Waals surface area (Å²) in [6.07, 6.45) is 1.46. The van der Waals surface area contributed by atoms with Crippen LogP contribution in [0.3, 0.4) is 0 Å². The van der Waals surface area contributed by atoms with Crippen LogP contribution in [0.5, 0.6) is 0 Å². The van der Waals surface area contributed by atoms with E-state index in [1.165, 1.54) is 12.3 Å². The minimum Gasteiger partial charge on any atom is -0.574 e. The van der Waals surface area contributed by atoms with Gasteiger partial charge >= 0.3 is 0 Å². The Morgan fingerprint density at radius 1 is 1.21 bits per heavy atom. The maximum absolute atomic E-state index is 14.9. The first-order valence-electron chi connectivity index (χ1n) is 9.53. The molecule has 33 heavy (non-hydrogen) atoms. The monoisotopic (exact) mass is 490 g/mol. The molecular formula is C21H20F2N6O2S2. The number of carbonyl (C=O) groups is 1. The number of nitrogens with zero attached hydrogens (tertiary/aromatic N) is 1. The number of benzene rings is 2. The van der Waals surface area contributed by atoms with E-state index >= 15 is 0 Å². The van der Waals surface area contributed by atoms with Gasteiger partial charge in [-0.3, -0.25) is 15.3 Å². The van der Waals surface area contributed by atoms with Crippen molar-refractivity contribution in [1.82, 2.24) is 9.71 Å². The van der Waals surface area contributed by atoms with Crippen molar-refractivity contribution < 1.29 is 18.1 Å². The lowest BCUT2D eigenvalue weighted by Crippen LogP contribution is -2.30. The van der Waals surface area contributed by atoms with Crippen LogP contribution in [0.15, 0.2) is 53.6 Å². The Balaban J connectivity index is 1.96. The van der Waals surface area contributed by atoms with E-state index in [0.29, 0.717) is 12.1 Å². The van der Waals surface area contributed by atoms with Crippen LogP contribution in [-0.4, -0.2) is 27.6 Å². The molecule has 0 saturated heterocycles. The zero-order chi connectivity index (χ0) is 24.1. The number of nitrogen functional groups attached to an aromatic ring is 1. The number of anilines is 2. The molecule has 0 radical (unpaired) electrons. The summed E-state index contributed by atoms with van der Waals surface area (Å²) in [5.74, 6) is -3.81. The fraction of sp³-hybridized carbons (Fsp3) is 0.0952. The molecule has 1 atom stereocenters. The number of hydrogen-bond donors (Lipinski definition) is 5. The van der Waals surface area contributed by atoms with E-state index in [2.05, 4.69) is 14.4 Å². The minimum absolute atomic E-state index is 0.0804. The molecule has 3 rings (SSSR count). The average molecular weight is 491 g/mol. The smallest absolute Gasteiger partial charge is 0.217 e. The predicted molar refractivity (Wildman–Crippen MR) is 127 cm³/mol. The fourth-order valence-electron chi connectivity index (χ4n) is 2.91. The van der Waals surface area contributed by atoms with Crippen molar-refractivity contribution in [3.63, 3.8) is 0 Å². The second-order valence-corrected chi connectivity index (χ2v) is 8.39. The van der Waals surface area contributed by atoms with Gasteiger partial charge in [-0.1, -0.05) is 12.1 Å². The lowest BCUT2D eigenvalue weighted by Gasteiger charge is -2.14. The summed E-state index contributed by atoms with van der Waals surface area (Å²) < 4.78 is 46.0. The minimum atomic E-state index is -1.85. The van der Waals surface area contributed by atoms with Crippen molar-refractivity contribution in [2.24, 2.45) is 5.14 Å². The largest absolute Gasteiger partial charge is 0.574 e. The van der Waals surface area contributed by atoms with Crippen molar-refractivity contribution in [2.75, 3.05) is 17.0 Å². The first-order chi connectivity index (χ1) is 15.8. The van der Waals surface area contributed by atoms with Gasteiger partial charge in [0.15, 0.2) is 17.4 Å².